The van der Waals surface area contributed by atoms with Crippen molar-refractivity contribution in [3.8, 4) is 6.07 Å². The van der Waals surface area contributed by atoms with E-state index in [1.54, 1.807) is 61.5 Å². The number of rotatable bonds is 12. The van der Waals surface area contributed by atoms with Crippen LogP contribution in [0.3, 0.4) is 0 Å². The molecule has 0 aliphatic heterocycles. The summed E-state index contributed by atoms with van der Waals surface area (Å²) >= 11 is 0. The molecule has 0 N–H and O–H groups in total. The van der Waals surface area contributed by atoms with Crippen molar-refractivity contribution in [2.45, 2.75) is 31.2 Å². The van der Waals surface area contributed by atoms with Crippen LogP contribution in [0.1, 0.15) is 30.3 Å². The van der Waals surface area contributed by atoms with Gasteiger partial charge >= 0.3 is 5.97 Å². The number of aromatic nitrogens is 2. The molecule has 0 saturated carbocycles. The zero-order chi connectivity index (χ0) is 28.7. The van der Waals surface area contributed by atoms with Crippen LogP contribution in [-0.2, 0) is 32.5 Å². The minimum atomic E-state index is -3.82. The number of hydrogen-bond donors (Lipinski definition) is 0. The van der Waals surface area contributed by atoms with Crippen LogP contribution >= 0.6 is 0 Å². The summed E-state index contributed by atoms with van der Waals surface area (Å²) in [4.78, 5) is 19.2. The maximum Gasteiger partial charge on any atom is 0.307 e. The molecule has 208 valence electrons. The number of benzene rings is 3. The predicted molar refractivity (Wildman–Crippen MR) is 154 cm³/mol. The molecule has 0 radical (unpaired) electrons. The van der Waals surface area contributed by atoms with Crippen molar-refractivity contribution in [3.63, 3.8) is 0 Å². The molecule has 0 atom stereocenters. The number of ether oxygens (including phenoxy) is 1. The summed E-state index contributed by atoms with van der Waals surface area (Å²) in [6.45, 7) is 3.24. The fraction of sp³-hybridized carbons (Fsp3) is 0.300. The lowest BCUT2D eigenvalue weighted by atomic mass is 10.1. The largest absolute Gasteiger partial charge is 0.466 e. The maximum absolute atomic E-state index is 13.7. The first-order valence-corrected chi connectivity index (χ1v) is 14.5. The van der Waals surface area contributed by atoms with Crippen molar-refractivity contribution in [1.82, 2.24) is 14.5 Å². The third-order valence-electron chi connectivity index (χ3n) is 6.47. The van der Waals surface area contributed by atoms with Crippen LogP contribution in [0.25, 0.3) is 11.0 Å². The van der Waals surface area contributed by atoms with E-state index in [1.807, 2.05) is 41.8 Å². The number of aryl methyl sites for hydroxylation is 1. The lowest BCUT2D eigenvalue weighted by Gasteiger charge is -2.26. The van der Waals surface area contributed by atoms with Crippen molar-refractivity contribution in [3.05, 3.63) is 89.7 Å². The molecule has 4 aromatic rings. The molecule has 40 heavy (non-hydrogen) atoms. The molecule has 1 heterocycles. The monoisotopic (exact) mass is 559 g/mol. The third kappa shape index (κ3) is 6.68. The number of nitriles is 1. The Morgan fingerprint density at radius 1 is 1.02 bits per heavy atom. The summed E-state index contributed by atoms with van der Waals surface area (Å²) in [7, 11) is -0.0203. The Morgan fingerprint density at radius 2 is 1.75 bits per heavy atom. The van der Waals surface area contributed by atoms with Crippen LogP contribution in [0, 0.1) is 11.3 Å². The van der Waals surface area contributed by atoms with Gasteiger partial charge < -0.3 is 14.2 Å². The highest BCUT2D eigenvalue weighted by Crippen LogP contribution is 2.29. The molecule has 10 heteroatoms. The van der Waals surface area contributed by atoms with E-state index in [0.29, 0.717) is 42.9 Å². The van der Waals surface area contributed by atoms with E-state index in [-0.39, 0.29) is 23.8 Å². The highest BCUT2D eigenvalue weighted by atomic mass is 32.2. The Morgan fingerprint density at radius 3 is 2.40 bits per heavy atom. The summed E-state index contributed by atoms with van der Waals surface area (Å²) in [5, 5.41) is 9.13. The zero-order valence-electron chi connectivity index (χ0n) is 22.9. The second-order valence-electron chi connectivity index (χ2n) is 9.59. The second-order valence-corrected chi connectivity index (χ2v) is 11.4. The van der Waals surface area contributed by atoms with Crippen molar-refractivity contribution in [2.24, 2.45) is 0 Å². The number of esters is 1. The number of nitrogens with zero attached hydrogens (tertiary/aromatic N) is 5. The normalized spacial score (nSPS) is 11.5. The molecule has 0 aliphatic carbocycles. The van der Waals surface area contributed by atoms with Gasteiger partial charge in [-0.3, -0.25) is 9.10 Å². The van der Waals surface area contributed by atoms with Gasteiger partial charge in [-0.15, -0.1) is 0 Å². The molecule has 4 rings (SSSR count). The maximum atomic E-state index is 13.7. The first-order valence-electron chi connectivity index (χ1n) is 13.1. The van der Waals surface area contributed by atoms with Crippen molar-refractivity contribution in [1.29, 1.82) is 5.26 Å². The molecular weight excluding hydrogens is 526 g/mol. The van der Waals surface area contributed by atoms with Gasteiger partial charge in [0, 0.05) is 26.1 Å². The van der Waals surface area contributed by atoms with Crippen LogP contribution in [-0.4, -0.2) is 62.6 Å². The summed E-state index contributed by atoms with van der Waals surface area (Å²) in [6.07, 6.45) is 0.657. The minimum absolute atomic E-state index is 0.179. The summed E-state index contributed by atoms with van der Waals surface area (Å²) in [6, 6.07) is 23.2. The number of sulfonamides is 1. The average Bonchev–Trinajstić information content (AvgIpc) is 3.28. The molecule has 0 spiro atoms. The van der Waals surface area contributed by atoms with Gasteiger partial charge in [-0.05, 0) is 69.0 Å². The standard InChI is InChI=1S/C30H33N5O4S/c1-4-39-30(36)16-17-34-28-15-14-25(21-27(28)32-29(34)20-23-10-12-24(22-31)13-11-23)35(19-18-33(2)3)40(37,38)26-8-6-5-7-9-26/h5-15,21H,4,16-20H2,1-3H3. The Hall–Kier alpha value is -4.20. The van der Waals surface area contributed by atoms with Crippen LogP contribution in [0.15, 0.2) is 77.7 Å². The lowest BCUT2D eigenvalue weighted by molar-refractivity contribution is -0.143. The lowest BCUT2D eigenvalue weighted by Crippen LogP contribution is -2.36. The predicted octanol–water partition coefficient (Wildman–Crippen LogP) is 4.21. The van der Waals surface area contributed by atoms with Crippen LogP contribution in [0.2, 0.25) is 0 Å². The third-order valence-corrected chi connectivity index (χ3v) is 8.31. The van der Waals surface area contributed by atoms with Crippen LogP contribution in [0.5, 0.6) is 0 Å². The SMILES string of the molecule is CCOC(=O)CCn1c(Cc2ccc(C#N)cc2)nc2cc(N(CCN(C)C)S(=O)(=O)c3ccccc3)ccc21. The smallest absolute Gasteiger partial charge is 0.307 e. The summed E-state index contributed by atoms with van der Waals surface area (Å²) in [5.41, 5.74) is 3.47. The number of likely N-dealkylation sites (N-methyl/N-ethyl adjacent to an activating group) is 1. The molecule has 0 amide bonds. The van der Waals surface area contributed by atoms with E-state index >= 15 is 0 Å². The van der Waals surface area contributed by atoms with Gasteiger partial charge in [0.1, 0.15) is 5.82 Å². The summed E-state index contributed by atoms with van der Waals surface area (Å²) in [5.74, 6) is 0.432. The van der Waals surface area contributed by atoms with E-state index in [2.05, 4.69) is 6.07 Å². The van der Waals surface area contributed by atoms with Crippen molar-refractivity contribution < 1.29 is 17.9 Å². The van der Waals surface area contributed by atoms with Crippen molar-refractivity contribution >= 4 is 32.7 Å². The minimum Gasteiger partial charge on any atom is -0.466 e. The average molecular weight is 560 g/mol. The van der Waals surface area contributed by atoms with Gasteiger partial charge in [0.05, 0.1) is 46.3 Å². The van der Waals surface area contributed by atoms with Gasteiger partial charge in [-0.1, -0.05) is 30.3 Å². The van der Waals surface area contributed by atoms with E-state index in [4.69, 9.17) is 15.0 Å². The molecule has 3 aromatic carbocycles. The van der Waals surface area contributed by atoms with E-state index in [0.717, 1.165) is 16.9 Å². The van der Waals surface area contributed by atoms with E-state index < -0.39 is 10.0 Å². The van der Waals surface area contributed by atoms with Crippen LogP contribution in [0.4, 0.5) is 5.69 Å². The fourth-order valence-corrected chi connectivity index (χ4v) is 5.89. The number of carbonyl (C=O) groups is 1. The Bertz CT molecular complexity index is 1610. The Balaban J connectivity index is 1.76. The molecule has 0 fully saturated rings. The first-order chi connectivity index (χ1) is 19.2. The molecule has 1 aromatic heterocycles. The highest BCUT2D eigenvalue weighted by molar-refractivity contribution is 7.92. The number of imidazole rings is 1. The van der Waals surface area contributed by atoms with Crippen molar-refractivity contribution in [2.75, 3.05) is 38.1 Å². The number of hydrogen-bond acceptors (Lipinski definition) is 7. The number of fused-ring (bicyclic) bond motifs is 1. The summed E-state index contributed by atoms with van der Waals surface area (Å²) < 4.78 is 35.9. The fourth-order valence-electron chi connectivity index (χ4n) is 4.42. The molecular formula is C30H33N5O4S. The number of anilines is 1. The molecule has 9 nitrogen and oxygen atoms in total. The number of carbonyl (C=O) groups excluding carboxylic acids is 1. The topological polar surface area (TPSA) is 109 Å². The van der Waals surface area contributed by atoms with Gasteiger partial charge in [0.2, 0.25) is 0 Å². The van der Waals surface area contributed by atoms with Crippen LogP contribution < -0.4 is 4.31 Å². The Kier molecular flexibility index (Phi) is 9.19. The molecule has 0 saturated heterocycles. The van der Waals surface area contributed by atoms with Gasteiger partial charge in [0.15, 0.2) is 0 Å². The first kappa shape index (κ1) is 28.8. The van der Waals surface area contributed by atoms with E-state index in [1.165, 1.54) is 4.31 Å². The second kappa shape index (κ2) is 12.8. The van der Waals surface area contributed by atoms with Gasteiger partial charge in [-0.2, -0.15) is 5.26 Å². The molecule has 0 aliphatic rings. The molecule has 0 unspecified atom stereocenters. The quantitative estimate of drug-likeness (QED) is 0.239. The highest BCUT2D eigenvalue weighted by Gasteiger charge is 2.26. The van der Waals surface area contributed by atoms with Gasteiger partial charge in [0.25, 0.3) is 10.0 Å². The Labute approximate surface area is 235 Å². The molecule has 0 bridgehead atoms. The van der Waals surface area contributed by atoms with Gasteiger partial charge in [-0.25, -0.2) is 13.4 Å². The zero-order valence-corrected chi connectivity index (χ0v) is 23.8. The van der Waals surface area contributed by atoms with E-state index in [9.17, 15) is 13.2 Å².